The maximum absolute atomic E-state index is 14.5. The Balaban J connectivity index is 1.95. The number of hydrogen-bond acceptors (Lipinski definition) is 7. The summed E-state index contributed by atoms with van der Waals surface area (Å²) in [4.78, 5) is 43.2. The largest absolute Gasteiger partial charge is 0.540 e. The van der Waals surface area contributed by atoms with Gasteiger partial charge in [-0.25, -0.2) is 4.79 Å². The molecule has 43 heavy (non-hydrogen) atoms. The number of ketones is 1. The molecule has 0 radical (unpaired) electrons. The van der Waals surface area contributed by atoms with Crippen molar-refractivity contribution in [3.05, 3.63) is 35.4 Å². The molecule has 0 bridgehead atoms. The van der Waals surface area contributed by atoms with Gasteiger partial charge in [0, 0.05) is 12.0 Å². The highest BCUT2D eigenvalue weighted by atomic mass is 28.4. The Morgan fingerprint density at radius 1 is 0.977 bits per heavy atom. The number of esters is 1. The summed E-state index contributed by atoms with van der Waals surface area (Å²) in [5, 5.41) is -0.133. The summed E-state index contributed by atoms with van der Waals surface area (Å²) in [6, 6.07) is 1.98. The van der Waals surface area contributed by atoms with E-state index in [1.807, 2.05) is 6.07 Å². The maximum Gasteiger partial charge on any atom is 0.328 e. The van der Waals surface area contributed by atoms with Crippen molar-refractivity contribution in [1.82, 2.24) is 4.90 Å². The summed E-state index contributed by atoms with van der Waals surface area (Å²) in [7, 11) is -1.92. The predicted molar refractivity (Wildman–Crippen MR) is 173 cm³/mol. The van der Waals surface area contributed by atoms with Crippen LogP contribution in [0.3, 0.4) is 0 Å². The second kappa shape index (κ2) is 11.2. The number of benzene rings is 1. The highest BCUT2D eigenvalue weighted by molar-refractivity contribution is 6.78. The van der Waals surface area contributed by atoms with Crippen LogP contribution in [-0.2, 0) is 18.8 Å². The molecule has 3 aliphatic rings. The van der Waals surface area contributed by atoms with Gasteiger partial charge in [0.1, 0.15) is 11.8 Å². The van der Waals surface area contributed by atoms with Gasteiger partial charge in [0.05, 0.1) is 31.8 Å². The Hall–Kier alpha value is -2.44. The topological polar surface area (TPSA) is 91.4 Å². The molecule has 1 unspecified atom stereocenters. The maximum atomic E-state index is 14.5. The summed E-state index contributed by atoms with van der Waals surface area (Å²) in [6.07, 6.45) is 3.60. The minimum atomic E-state index is -2.42. The number of hydrogen-bond donors (Lipinski definition) is 0. The van der Waals surface area contributed by atoms with Gasteiger partial charge < -0.3 is 23.2 Å². The highest BCUT2D eigenvalue weighted by Crippen LogP contribution is 2.56. The zero-order valence-corrected chi connectivity index (χ0v) is 30.3. The van der Waals surface area contributed by atoms with Crippen LogP contribution in [0.1, 0.15) is 90.6 Å². The molecule has 0 aromatic heterocycles. The number of allylic oxidation sites excluding steroid dienone is 1. The van der Waals surface area contributed by atoms with E-state index in [9.17, 15) is 14.4 Å². The number of ether oxygens (including phenoxy) is 2. The molecular formula is C33H51NO7Si2. The van der Waals surface area contributed by atoms with Gasteiger partial charge in [0.2, 0.25) is 0 Å². The first-order valence-corrected chi connectivity index (χ1v) is 20.6. The Morgan fingerprint density at radius 2 is 1.56 bits per heavy atom. The monoisotopic (exact) mass is 629 g/mol. The van der Waals surface area contributed by atoms with Crippen molar-refractivity contribution in [2.45, 2.75) is 127 Å². The fourth-order valence-corrected chi connectivity index (χ4v) is 14.4. The zero-order chi connectivity index (χ0) is 32.4. The van der Waals surface area contributed by atoms with E-state index in [1.54, 1.807) is 30.2 Å². The third-order valence-corrected chi connectivity index (χ3v) is 21.1. The van der Waals surface area contributed by atoms with Gasteiger partial charge in [-0.2, -0.15) is 0 Å². The number of amides is 1. The third kappa shape index (κ3) is 5.11. The molecule has 8 nitrogen and oxygen atoms in total. The first kappa shape index (κ1) is 33.5. The Kier molecular flexibility index (Phi) is 8.69. The number of fused-ring (bicyclic) bond motifs is 2. The number of rotatable bonds is 9. The average molecular weight is 630 g/mol. The fourth-order valence-electron chi connectivity index (χ4n) is 7.67. The van der Waals surface area contributed by atoms with Crippen molar-refractivity contribution in [3.8, 4) is 11.5 Å². The van der Waals surface area contributed by atoms with Crippen molar-refractivity contribution < 1.29 is 32.7 Å². The van der Waals surface area contributed by atoms with Gasteiger partial charge in [-0.3, -0.25) is 9.59 Å². The summed E-state index contributed by atoms with van der Waals surface area (Å²) >= 11 is 0. The smallest absolute Gasteiger partial charge is 0.328 e. The lowest BCUT2D eigenvalue weighted by Crippen LogP contribution is -2.61. The SMILES string of the molecule is COC(=O)[C@@H]1C[C@@]2(O[Si](C)(C)C(C)(C)C)C=CC(=O)[C@H]3c4cc(OC)c(O[Si](C(C)C)(C(C)C)C(C)C)cc4C(=O)N1C32. The summed E-state index contributed by atoms with van der Waals surface area (Å²) < 4.78 is 25.2. The van der Waals surface area contributed by atoms with E-state index in [0.29, 0.717) is 39.2 Å². The molecule has 4 atom stereocenters. The molecule has 2 heterocycles. The minimum Gasteiger partial charge on any atom is -0.540 e. The van der Waals surface area contributed by atoms with Crippen LogP contribution < -0.4 is 9.16 Å². The molecule has 1 aliphatic carbocycles. The molecule has 0 N–H and O–H groups in total. The standard InChI is InChI=1S/C33H51NO7Si2/c1-19(2)43(20(3)4,21(5)6)40-27-17-23-22(16-26(27)38-10)28-25(35)14-15-33(41-42(12,13)32(7,8)9)18-24(31(37)39-11)34(29(28)33)30(23)36/h14-17,19-21,24,28-29H,18H2,1-13H3/t24-,28+,29?,33-/m0/s1. The molecule has 0 spiro atoms. The van der Waals surface area contributed by atoms with Gasteiger partial charge in [0.15, 0.2) is 19.9 Å². The zero-order valence-electron chi connectivity index (χ0n) is 28.3. The van der Waals surface area contributed by atoms with Crippen LogP contribution in [0.2, 0.25) is 34.8 Å². The van der Waals surface area contributed by atoms with E-state index in [4.69, 9.17) is 18.3 Å². The summed E-state index contributed by atoms with van der Waals surface area (Å²) in [6.45, 7) is 24.0. The predicted octanol–water partition coefficient (Wildman–Crippen LogP) is 7.00. The summed E-state index contributed by atoms with van der Waals surface area (Å²) in [5.41, 5.74) is 0.836. The van der Waals surface area contributed by atoms with Crippen LogP contribution in [0.15, 0.2) is 24.3 Å². The van der Waals surface area contributed by atoms with Crippen LogP contribution in [0.25, 0.3) is 0 Å². The Labute approximate surface area is 259 Å². The molecule has 2 aliphatic heterocycles. The van der Waals surface area contributed by atoms with Crippen molar-refractivity contribution in [2.24, 2.45) is 0 Å². The lowest BCUT2D eigenvalue weighted by molar-refractivity contribution is -0.145. The average Bonchev–Trinajstić information content (AvgIpc) is 3.23. The van der Waals surface area contributed by atoms with E-state index >= 15 is 0 Å². The second-order valence-electron chi connectivity index (χ2n) is 14.9. The molecular weight excluding hydrogens is 579 g/mol. The number of carbonyl (C=O) groups is 3. The lowest BCUT2D eigenvalue weighted by Gasteiger charge is -2.50. The molecule has 238 valence electrons. The van der Waals surface area contributed by atoms with Gasteiger partial charge in [0.25, 0.3) is 14.2 Å². The van der Waals surface area contributed by atoms with Crippen LogP contribution in [-0.4, -0.2) is 71.1 Å². The van der Waals surface area contributed by atoms with Crippen LogP contribution in [0.4, 0.5) is 0 Å². The fraction of sp³-hybridized carbons (Fsp3) is 0.667. The second-order valence-corrected chi connectivity index (χ2v) is 25.0. The number of carbonyl (C=O) groups excluding carboxylic acids is 3. The third-order valence-electron chi connectivity index (χ3n) is 10.7. The first-order chi connectivity index (χ1) is 19.8. The Morgan fingerprint density at radius 3 is 2.05 bits per heavy atom. The molecule has 1 aromatic carbocycles. The molecule has 0 saturated carbocycles. The Bertz CT molecular complexity index is 1310. The van der Waals surface area contributed by atoms with Crippen LogP contribution >= 0.6 is 0 Å². The van der Waals surface area contributed by atoms with Crippen molar-refractivity contribution >= 4 is 34.3 Å². The molecule has 10 heteroatoms. The van der Waals surface area contributed by atoms with E-state index in [2.05, 4.69) is 75.4 Å². The molecule has 1 aromatic rings. The quantitative estimate of drug-likeness (QED) is 0.215. The first-order valence-electron chi connectivity index (χ1n) is 15.5. The minimum absolute atomic E-state index is 0.130. The number of nitrogens with zero attached hydrogens (tertiary/aromatic N) is 1. The van der Waals surface area contributed by atoms with Crippen molar-refractivity contribution in [1.29, 1.82) is 0 Å². The van der Waals surface area contributed by atoms with Gasteiger partial charge in [-0.15, -0.1) is 0 Å². The van der Waals surface area contributed by atoms with E-state index in [0.717, 1.165) is 0 Å². The van der Waals surface area contributed by atoms with Crippen molar-refractivity contribution in [2.75, 3.05) is 14.2 Å². The molecule has 1 saturated heterocycles. The molecule has 4 rings (SSSR count). The summed E-state index contributed by atoms with van der Waals surface area (Å²) in [5.74, 6) is -0.683. The number of methoxy groups -OCH3 is 2. The van der Waals surface area contributed by atoms with Gasteiger partial charge in [-0.05, 0) is 64.6 Å². The van der Waals surface area contributed by atoms with E-state index < -0.39 is 46.2 Å². The normalized spacial score (nSPS) is 25.4. The van der Waals surface area contributed by atoms with Crippen LogP contribution in [0, 0.1) is 0 Å². The van der Waals surface area contributed by atoms with E-state index in [1.165, 1.54) is 7.11 Å². The van der Waals surface area contributed by atoms with Gasteiger partial charge >= 0.3 is 5.97 Å². The highest BCUT2D eigenvalue weighted by Gasteiger charge is 2.66. The molecule has 1 amide bonds. The lowest BCUT2D eigenvalue weighted by atomic mass is 9.71. The molecule has 1 fully saturated rings. The van der Waals surface area contributed by atoms with Crippen LogP contribution in [0.5, 0.6) is 11.5 Å². The van der Waals surface area contributed by atoms with E-state index in [-0.39, 0.29) is 23.1 Å². The van der Waals surface area contributed by atoms with Crippen molar-refractivity contribution in [3.63, 3.8) is 0 Å². The van der Waals surface area contributed by atoms with Gasteiger partial charge in [-0.1, -0.05) is 62.3 Å².